The second-order valence-corrected chi connectivity index (χ2v) is 22.6. The van der Waals surface area contributed by atoms with E-state index in [1.54, 1.807) is 30.3 Å². The first-order valence-corrected chi connectivity index (χ1v) is 30.6. The molecule has 13 atom stereocenters. The van der Waals surface area contributed by atoms with Gasteiger partial charge in [0.1, 0.15) is 78.5 Å². The number of carbonyl (C=O) groups excluding carboxylic acids is 14. The van der Waals surface area contributed by atoms with E-state index in [1.165, 1.54) is 67.9 Å². The summed E-state index contributed by atoms with van der Waals surface area (Å²) in [5.74, 6) is -17.2. The van der Waals surface area contributed by atoms with Crippen LogP contribution in [0.1, 0.15) is 124 Å². The van der Waals surface area contributed by atoms with Gasteiger partial charge in [-0.25, -0.2) is 4.98 Å². The van der Waals surface area contributed by atoms with Crippen LogP contribution in [0.3, 0.4) is 0 Å². The Balaban J connectivity index is 2.27. The molecule has 37 nitrogen and oxygen atoms in total. The van der Waals surface area contributed by atoms with Gasteiger partial charge in [-0.15, -0.1) is 0 Å². The first-order chi connectivity index (χ1) is 45.0. The zero-order chi connectivity index (χ0) is 72.5. The molecule has 0 aliphatic carbocycles. The largest absolute Gasteiger partial charge is 0.481 e. The Morgan fingerprint density at radius 2 is 0.698 bits per heavy atom. The van der Waals surface area contributed by atoms with E-state index >= 15 is 0 Å². The Labute approximate surface area is 551 Å². The normalized spacial score (nSPS) is 14.9. The standard InChI is InChI=1S/C59H89N17O20/c1-28(47(61)84)65-54(91)38(16-12-13-23-60)74-56(93)40(18-21-45(80)81)72-51(88)32(5)67-49(86)30(3)69-59(96)43(25-37-26-62-27-63-37)75-53(90)34(7)68-55(92)39(17-20-44(78)79)71-52(89)33(6)70-58(95)42(24-36-14-10-9-11-15-36)76-57(94)41(19-22-46(82)83)73-50(87)31(4)66-48(85)29(2)64-35(8)77/h9-11,14-15,26-34,38-43H,12-13,16-25,60H2,1-8H3,(H2,61,84)(H,62,63)(H,64,77)(H,65,91)(H,66,85)(H,67,86)(H,68,92)(H,69,96)(H,70,95)(H,71,89)(H,72,88)(H,73,87)(H,74,93)(H,75,90)(H,76,94)(H,78,79)(H,80,81)(H,82,83)/t28-,29-,30-,31-,32-,33-,34-,38-,39-,40-,41-,42-,43-/m0/s1. The van der Waals surface area contributed by atoms with E-state index in [0.29, 0.717) is 24.1 Å². The van der Waals surface area contributed by atoms with Gasteiger partial charge in [-0.05, 0) is 99.1 Å². The lowest BCUT2D eigenvalue weighted by Gasteiger charge is -2.26. The fourth-order valence-electron chi connectivity index (χ4n) is 8.69. The molecule has 21 N–H and O–H groups in total. The van der Waals surface area contributed by atoms with Crippen LogP contribution < -0.4 is 80.6 Å². The molecule has 0 saturated heterocycles. The van der Waals surface area contributed by atoms with Gasteiger partial charge in [0, 0.05) is 50.9 Å². The van der Waals surface area contributed by atoms with Crippen LogP contribution >= 0.6 is 0 Å². The number of benzene rings is 1. The second kappa shape index (κ2) is 41.2. The van der Waals surface area contributed by atoms with E-state index < -0.39 is 218 Å². The minimum absolute atomic E-state index is 0.0302. The molecule has 530 valence electrons. The maximum Gasteiger partial charge on any atom is 0.303 e. The topological polar surface area (TPSA) is 588 Å². The van der Waals surface area contributed by atoms with Crippen molar-refractivity contribution in [1.29, 1.82) is 0 Å². The molecule has 0 bridgehead atoms. The summed E-state index contributed by atoms with van der Waals surface area (Å²) in [6.07, 6.45) is -0.673. The molecule has 0 radical (unpaired) electrons. The molecule has 0 saturated carbocycles. The van der Waals surface area contributed by atoms with Crippen LogP contribution in [0.5, 0.6) is 0 Å². The molecular weight excluding hydrogens is 1270 g/mol. The Morgan fingerprint density at radius 1 is 0.396 bits per heavy atom. The second-order valence-electron chi connectivity index (χ2n) is 22.6. The number of aromatic nitrogens is 2. The van der Waals surface area contributed by atoms with Crippen molar-refractivity contribution in [3.05, 3.63) is 54.1 Å². The SMILES string of the molecule is CC(=O)N[C@@H](C)C(=O)N[C@@H](C)C(=O)N[C@@H](CCC(=O)O)C(=O)N[C@@H](Cc1ccccc1)C(=O)N[C@@H](C)C(=O)N[C@@H](CCC(=O)O)C(=O)N[C@@H](C)C(=O)N[C@@H](Cc1cnc[nH]1)C(=O)N[C@@H](C)C(=O)N[C@@H](C)C(=O)N[C@@H](CCC(=O)O)C(=O)N[C@@H](CCCCN)C(=O)N[C@@H](C)C(N)=O. The third-order valence-electron chi connectivity index (χ3n) is 14.3. The van der Waals surface area contributed by atoms with Crippen LogP contribution in [-0.2, 0) is 94.3 Å². The van der Waals surface area contributed by atoms with E-state index in [-0.39, 0.29) is 25.8 Å². The number of unbranched alkanes of at least 4 members (excludes halogenated alkanes) is 1. The molecule has 96 heavy (non-hydrogen) atoms. The molecule has 1 aromatic carbocycles. The van der Waals surface area contributed by atoms with Crippen LogP contribution in [0, 0.1) is 0 Å². The van der Waals surface area contributed by atoms with E-state index in [2.05, 4.69) is 79.1 Å². The molecule has 0 fully saturated rings. The number of aliphatic carboxylic acids is 3. The van der Waals surface area contributed by atoms with Crippen molar-refractivity contribution in [1.82, 2.24) is 79.1 Å². The number of carboxylic acid groups (broad SMARTS) is 3. The summed E-state index contributed by atoms with van der Waals surface area (Å²) in [6, 6.07) is -10.6. The number of rotatable bonds is 43. The van der Waals surface area contributed by atoms with E-state index in [4.69, 9.17) is 11.5 Å². The number of nitrogens with one attached hydrogen (secondary N) is 14. The van der Waals surface area contributed by atoms with Gasteiger partial charge in [-0.2, -0.15) is 0 Å². The molecule has 1 aromatic heterocycles. The van der Waals surface area contributed by atoms with Gasteiger partial charge in [0.15, 0.2) is 0 Å². The van der Waals surface area contributed by atoms with Crippen LogP contribution in [0.4, 0.5) is 0 Å². The average Bonchev–Trinajstić information content (AvgIpc) is 1.95. The minimum Gasteiger partial charge on any atom is -0.481 e. The van der Waals surface area contributed by atoms with E-state index in [9.17, 15) is 96.8 Å². The van der Waals surface area contributed by atoms with Gasteiger partial charge in [0.05, 0.1) is 6.33 Å². The number of nitrogens with zero attached hydrogens (tertiary/aromatic N) is 1. The van der Waals surface area contributed by atoms with Gasteiger partial charge in [-0.3, -0.25) is 81.5 Å². The van der Waals surface area contributed by atoms with Crippen LogP contribution in [0.2, 0.25) is 0 Å². The van der Waals surface area contributed by atoms with Crippen molar-refractivity contribution in [2.24, 2.45) is 11.5 Å². The summed E-state index contributed by atoms with van der Waals surface area (Å²) in [5.41, 5.74) is 11.6. The Hall–Kier alpha value is -10.6. The summed E-state index contributed by atoms with van der Waals surface area (Å²) in [7, 11) is 0. The number of nitrogens with two attached hydrogens (primary N) is 2. The molecule has 2 aromatic rings. The van der Waals surface area contributed by atoms with Gasteiger partial charge >= 0.3 is 17.9 Å². The summed E-state index contributed by atoms with van der Waals surface area (Å²) >= 11 is 0. The van der Waals surface area contributed by atoms with Crippen molar-refractivity contribution in [2.45, 2.75) is 205 Å². The first kappa shape index (κ1) is 81.5. The Morgan fingerprint density at radius 3 is 1.05 bits per heavy atom. The lowest BCUT2D eigenvalue weighted by molar-refractivity contribution is -0.139. The van der Waals surface area contributed by atoms with Gasteiger partial charge in [-0.1, -0.05) is 30.3 Å². The van der Waals surface area contributed by atoms with E-state index in [0.717, 1.165) is 0 Å². The summed E-state index contributed by atoms with van der Waals surface area (Å²) in [5, 5.41) is 59.5. The molecular formula is C59H89N17O20. The highest BCUT2D eigenvalue weighted by Crippen LogP contribution is 2.10. The van der Waals surface area contributed by atoms with Gasteiger partial charge < -0.3 is 101 Å². The molecule has 14 amide bonds. The first-order valence-electron chi connectivity index (χ1n) is 30.6. The molecule has 0 aliphatic rings. The Kier molecular flexibility index (Phi) is 34.9. The summed E-state index contributed by atoms with van der Waals surface area (Å²) < 4.78 is 0. The van der Waals surface area contributed by atoms with E-state index in [1.807, 2.05) is 0 Å². The number of H-pyrrole nitrogens is 1. The van der Waals surface area contributed by atoms with Crippen LogP contribution in [-0.4, -0.2) is 211 Å². The molecule has 37 heteroatoms. The number of carboxylic acids is 3. The van der Waals surface area contributed by atoms with Crippen molar-refractivity contribution in [3.8, 4) is 0 Å². The zero-order valence-electron chi connectivity index (χ0n) is 54.4. The monoisotopic (exact) mass is 1360 g/mol. The highest BCUT2D eigenvalue weighted by molar-refractivity contribution is 6.00. The number of primary amides is 1. The quantitative estimate of drug-likeness (QED) is 0.0275. The number of hydrogen-bond acceptors (Lipinski definition) is 19. The predicted octanol–water partition coefficient (Wildman–Crippen LogP) is -6.13. The Bertz CT molecular complexity index is 3080. The minimum atomic E-state index is -1.70. The lowest BCUT2D eigenvalue weighted by atomic mass is 10.0. The van der Waals surface area contributed by atoms with Crippen molar-refractivity contribution in [3.63, 3.8) is 0 Å². The molecule has 0 aliphatic heterocycles. The highest BCUT2D eigenvalue weighted by atomic mass is 16.4. The molecule has 2 rings (SSSR count). The van der Waals surface area contributed by atoms with Crippen molar-refractivity contribution in [2.75, 3.05) is 6.54 Å². The van der Waals surface area contributed by atoms with Gasteiger partial charge in [0.2, 0.25) is 82.7 Å². The summed E-state index contributed by atoms with van der Waals surface area (Å²) in [6.45, 7) is 10.1. The fourth-order valence-corrected chi connectivity index (χ4v) is 8.69. The number of amides is 14. The number of carbonyl (C=O) groups is 17. The van der Waals surface area contributed by atoms with Crippen molar-refractivity contribution >= 4 is 101 Å². The number of aromatic amines is 1. The maximum atomic E-state index is 14.0. The third kappa shape index (κ3) is 30.4. The smallest absolute Gasteiger partial charge is 0.303 e. The zero-order valence-corrected chi connectivity index (χ0v) is 54.4. The fraction of sp³-hybridized carbons (Fsp3) is 0.559. The van der Waals surface area contributed by atoms with Crippen LogP contribution in [0.15, 0.2) is 42.9 Å². The van der Waals surface area contributed by atoms with Crippen molar-refractivity contribution < 1.29 is 96.8 Å². The molecule has 0 unspecified atom stereocenters. The summed E-state index contributed by atoms with van der Waals surface area (Å²) in [4.78, 5) is 227. The number of hydrogen-bond donors (Lipinski definition) is 19. The molecule has 1 heterocycles. The third-order valence-corrected chi connectivity index (χ3v) is 14.3. The number of imidazole rings is 1. The maximum absolute atomic E-state index is 14.0. The average molecular weight is 1360 g/mol. The predicted molar refractivity (Wildman–Crippen MR) is 336 cm³/mol. The highest BCUT2D eigenvalue weighted by Gasteiger charge is 2.35. The molecule has 0 spiro atoms. The lowest BCUT2D eigenvalue weighted by Crippen LogP contribution is -2.60. The van der Waals surface area contributed by atoms with Gasteiger partial charge in [0.25, 0.3) is 0 Å². The van der Waals surface area contributed by atoms with Crippen LogP contribution in [0.25, 0.3) is 0 Å².